The van der Waals surface area contributed by atoms with Crippen LogP contribution >= 0.6 is 0 Å². The van der Waals surface area contributed by atoms with Crippen molar-refractivity contribution in [3.63, 3.8) is 0 Å². The van der Waals surface area contributed by atoms with Crippen LogP contribution in [-0.2, 0) is 0 Å². The van der Waals surface area contributed by atoms with Gasteiger partial charge in [0.2, 0.25) is 0 Å². The predicted octanol–water partition coefficient (Wildman–Crippen LogP) is 3.21. The van der Waals surface area contributed by atoms with Crippen molar-refractivity contribution in [3.8, 4) is 5.69 Å². The Labute approximate surface area is 135 Å². The first-order valence-electron chi connectivity index (χ1n) is 7.35. The fraction of sp³-hybridized carbons (Fsp3) is 0.176. The molecule has 1 heterocycles. The zero-order chi connectivity index (χ0) is 17.4. The summed E-state index contributed by atoms with van der Waals surface area (Å²) < 4.78 is 42.2. The predicted molar refractivity (Wildman–Crippen MR) is 84.4 cm³/mol. The van der Waals surface area contributed by atoms with Gasteiger partial charge in [-0.15, -0.1) is 0 Å². The first kappa shape index (κ1) is 16.2. The average Bonchev–Trinajstić information content (AvgIpc) is 2.52. The maximum Gasteiger partial charge on any atom is 0.269 e. The fourth-order valence-corrected chi connectivity index (χ4v) is 2.56. The minimum Gasteiger partial charge on any atom is -0.321 e. The van der Waals surface area contributed by atoms with E-state index in [9.17, 15) is 18.0 Å². The quantitative estimate of drug-likeness (QED) is 0.800. The van der Waals surface area contributed by atoms with E-state index in [1.165, 1.54) is 12.1 Å². The number of aromatic nitrogens is 2. The highest BCUT2D eigenvalue weighted by Gasteiger charge is 2.19. The smallest absolute Gasteiger partial charge is 0.269 e. The minimum atomic E-state index is -0.860. The molecule has 2 N–H and O–H groups in total. The molecule has 0 aliphatic rings. The van der Waals surface area contributed by atoms with Gasteiger partial charge in [-0.3, -0.25) is 9.36 Å². The number of hydrogen-bond donors (Lipinski definition) is 1. The lowest BCUT2D eigenvalue weighted by molar-refractivity contribution is 0.576. The highest BCUT2D eigenvalue weighted by Crippen LogP contribution is 2.21. The minimum absolute atomic E-state index is 0.0888. The molecule has 2 aromatic carbocycles. The van der Waals surface area contributed by atoms with Gasteiger partial charge >= 0.3 is 0 Å². The van der Waals surface area contributed by atoms with Gasteiger partial charge < -0.3 is 5.73 Å². The lowest BCUT2D eigenvalue weighted by atomic mass is 10.1. The molecule has 0 radical (unpaired) electrons. The third-order valence-electron chi connectivity index (χ3n) is 3.75. The van der Waals surface area contributed by atoms with Gasteiger partial charge in [-0.1, -0.05) is 13.0 Å². The van der Waals surface area contributed by atoms with Gasteiger partial charge in [0.25, 0.3) is 5.56 Å². The van der Waals surface area contributed by atoms with E-state index < -0.39 is 29.1 Å². The van der Waals surface area contributed by atoms with Gasteiger partial charge in [-0.2, -0.15) is 0 Å². The fourth-order valence-electron chi connectivity index (χ4n) is 2.56. The van der Waals surface area contributed by atoms with Gasteiger partial charge in [0, 0.05) is 6.07 Å². The van der Waals surface area contributed by atoms with Crippen molar-refractivity contribution >= 4 is 10.9 Å². The van der Waals surface area contributed by atoms with Crippen LogP contribution in [0, 0.1) is 17.5 Å². The largest absolute Gasteiger partial charge is 0.321 e. The molecule has 0 aliphatic carbocycles. The van der Waals surface area contributed by atoms with E-state index in [-0.39, 0.29) is 22.4 Å². The highest BCUT2D eigenvalue weighted by atomic mass is 19.1. The maximum absolute atomic E-state index is 14.1. The molecular formula is C17H14F3N3O. The van der Waals surface area contributed by atoms with Crippen LogP contribution in [0.25, 0.3) is 16.6 Å². The molecular weight excluding hydrogens is 319 g/mol. The number of nitrogens with zero attached hydrogens (tertiary/aromatic N) is 2. The van der Waals surface area contributed by atoms with Gasteiger partial charge in [0.05, 0.1) is 17.2 Å². The van der Waals surface area contributed by atoms with E-state index in [2.05, 4.69) is 4.98 Å². The summed E-state index contributed by atoms with van der Waals surface area (Å²) in [7, 11) is 0. The second-order valence-corrected chi connectivity index (χ2v) is 5.39. The van der Waals surface area contributed by atoms with Crippen molar-refractivity contribution in [3.05, 3.63) is 70.0 Å². The standard InChI is InChI=1S/C17H14F3N3O/c1-2-13(21)16-22-14-5-3-4-12(20)15(14)17(24)23(16)11-7-9(18)6-10(19)8-11/h3-8,13H,2,21H2,1H3. The Hall–Kier alpha value is -2.67. The topological polar surface area (TPSA) is 60.9 Å². The van der Waals surface area contributed by atoms with Crippen LogP contribution in [0.4, 0.5) is 13.2 Å². The van der Waals surface area contributed by atoms with E-state index in [0.717, 1.165) is 22.8 Å². The van der Waals surface area contributed by atoms with Gasteiger partial charge in [0.15, 0.2) is 0 Å². The van der Waals surface area contributed by atoms with Gasteiger partial charge in [0.1, 0.15) is 28.7 Å². The summed E-state index contributed by atoms with van der Waals surface area (Å²) in [6, 6.07) is 6.02. The number of hydrogen-bond acceptors (Lipinski definition) is 3. The van der Waals surface area contributed by atoms with E-state index in [4.69, 9.17) is 5.73 Å². The maximum atomic E-state index is 14.1. The monoisotopic (exact) mass is 333 g/mol. The average molecular weight is 333 g/mol. The normalized spacial score (nSPS) is 12.5. The molecule has 0 spiro atoms. The molecule has 0 amide bonds. The molecule has 0 aliphatic heterocycles. The second-order valence-electron chi connectivity index (χ2n) is 5.39. The third kappa shape index (κ3) is 2.67. The third-order valence-corrected chi connectivity index (χ3v) is 3.75. The van der Waals surface area contributed by atoms with Crippen LogP contribution < -0.4 is 11.3 Å². The van der Waals surface area contributed by atoms with E-state index in [0.29, 0.717) is 12.5 Å². The summed E-state index contributed by atoms with van der Waals surface area (Å²) in [6.45, 7) is 1.78. The molecule has 124 valence electrons. The zero-order valence-electron chi connectivity index (χ0n) is 12.8. The van der Waals surface area contributed by atoms with Crippen molar-refractivity contribution in [1.82, 2.24) is 9.55 Å². The van der Waals surface area contributed by atoms with Crippen molar-refractivity contribution in [2.45, 2.75) is 19.4 Å². The SMILES string of the molecule is CCC(N)c1nc2cccc(F)c2c(=O)n1-c1cc(F)cc(F)c1. The Morgan fingerprint density at radius 3 is 2.46 bits per heavy atom. The molecule has 24 heavy (non-hydrogen) atoms. The first-order valence-corrected chi connectivity index (χ1v) is 7.35. The summed E-state index contributed by atoms with van der Waals surface area (Å²) in [5.41, 5.74) is 5.30. The number of nitrogens with two attached hydrogens (primary N) is 1. The lowest BCUT2D eigenvalue weighted by Gasteiger charge is -2.17. The van der Waals surface area contributed by atoms with Crippen molar-refractivity contribution in [2.24, 2.45) is 5.73 Å². The van der Waals surface area contributed by atoms with E-state index in [1.807, 2.05) is 0 Å². The molecule has 1 atom stereocenters. The van der Waals surface area contributed by atoms with Crippen LogP contribution in [0.5, 0.6) is 0 Å². The summed E-state index contributed by atoms with van der Waals surface area (Å²) >= 11 is 0. The molecule has 0 bridgehead atoms. The molecule has 1 aromatic heterocycles. The van der Waals surface area contributed by atoms with Crippen LogP contribution in [0.1, 0.15) is 25.2 Å². The summed E-state index contributed by atoms with van der Waals surface area (Å²) in [4.78, 5) is 17.1. The van der Waals surface area contributed by atoms with Crippen LogP contribution in [0.2, 0.25) is 0 Å². The molecule has 3 aromatic rings. The Bertz CT molecular complexity index is 964. The van der Waals surface area contributed by atoms with Crippen molar-refractivity contribution in [2.75, 3.05) is 0 Å². The van der Waals surface area contributed by atoms with E-state index in [1.54, 1.807) is 6.92 Å². The molecule has 7 heteroatoms. The van der Waals surface area contributed by atoms with Crippen LogP contribution in [0.15, 0.2) is 41.2 Å². The summed E-state index contributed by atoms with van der Waals surface area (Å²) in [6.07, 6.45) is 0.436. The number of fused-ring (bicyclic) bond motifs is 1. The number of benzene rings is 2. The Kier molecular flexibility index (Phi) is 4.11. The molecule has 0 fully saturated rings. The van der Waals surface area contributed by atoms with Crippen LogP contribution in [0.3, 0.4) is 0 Å². The zero-order valence-corrected chi connectivity index (χ0v) is 12.8. The Morgan fingerprint density at radius 1 is 1.17 bits per heavy atom. The molecule has 4 nitrogen and oxygen atoms in total. The Morgan fingerprint density at radius 2 is 1.83 bits per heavy atom. The van der Waals surface area contributed by atoms with Crippen molar-refractivity contribution < 1.29 is 13.2 Å². The number of halogens is 3. The Balaban J connectivity index is 2.46. The lowest BCUT2D eigenvalue weighted by Crippen LogP contribution is -2.29. The molecule has 0 saturated carbocycles. The summed E-state index contributed by atoms with van der Waals surface area (Å²) in [5.74, 6) is -2.36. The first-order chi connectivity index (χ1) is 11.4. The molecule has 3 rings (SSSR count). The summed E-state index contributed by atoms with van der Waals surface area (Å²) in [5, 5.41) is -0.255. The number of rotatable bonds is 3. The van der Waals surface area contributed by atoms with Gasteiger partial charge in [-0.05, 0) is 30.7 Å². The second kappa shape index (κ2) is 6.09. The van der Waals surface area contributed by atoms with Gasteiger partial charge in [-0.25, -0.2) is 18.2 Å². The van der Waals surface area contributed by atoms with Crippen LogP contribution in [-0.4, -0.2) is 9.55 Å². The molecule has 1 unspecified atom stereocenters. The van der Waals surface area contributed by atoms with E-state index >= 15 is 0 Å². The molecule has 0 saturated heterocycles. The highest BCUT2D eigenvalue weighted by molar-refractivity contribution is 5.78. The van der Waals surface area contributed by atoms with Crippen molar-refractivity contribution in [1.29, 1.82) is 0 Å².